The lowest BCUT2D eigenvalue weighted by Crippen LogP contribution is -2.31. The van der Waals surface area contributed by atoms with Gasteiger partial charge in [0.1, 0.15) is 9.90 Å². The highest BCUT2D eigenvalue weighted by molar-refractivity contribution is 7.91. The summed E-state index contributed by atoms with van der Waals surface area (Å²) in [7, 11) is 0.599. The Bertz CT molecular complexity index is 511. The Kier molecular flexibility index (Phi) is 5.57. The molecule has 0 aliphatic rings. The Morgan fingerprint density at radius 2 is 2.11 bits per heavy atom. The molecular formula is C11H22N4O2S2. The van der Waals surface area contributed by atoms with Gasteiger partial charge < -0.3 is 16.0 Å². The van der Waals surface area contributed by atoms with Crippen molar-refractivity contribution in [3.63, 3.8) is 0 Å². The number of nitrogens with zero attached hydrogens (tertiary/aromatic N) is 2. The van der Waals surface area contributed by atoms with Crippen LogP contribution >= 0.6 is 11.5 Å². The van der Waals surface area contributed by atoms with Crippen LogP contribution in [-0.4, -0.2) is 50.1 Å². The first-order valence-corrected chi connectivity index (χ1v) is 8.60. The zero-order valence-electron chi connectivity index (χ0n) is 11.8. The summed E-state index contributed by atoms with van der Waals surface area (Å²) in [5.41, 5.74) is 5.69. The highest BCUT2D eigenvalue weighted by atomic mass is 32.2. The number of likely N-dealkylation sites (N-methyl/N-ethyl adjacent to an activating group) is 1. The molecule has 0 saturated heterocycles. The van der Waals surface area contributed by atoms with E-state index in [2.05, 4.69) is 21.5 Å². The second-order valence-electron chi connectivity index (χ2n) is 4.74. The molecule has 3 N–H and O–H groups in total. The fraction of sp³-hybridized carbons (Fsp3) is 0.727. The van der Waals surface area contributed by atoms with Gasteiger partial charge in [-0.2, -0.15) is 4.37 Å². The second kappa shape index (κ2) is 6.53. The number of hydrogen-bond acceptors (Lipinski definition) is 7. The van der Waals surface area contributed by atoms with E-state index in [9.17, 15) is 8.42 Å². The van der Waals surface area contributed by atoms with Crippen LogP contribution in [0.4, 0.5) is 10.8 Å². The molecule has 1 unspecified atom stereocenters. The van der Waals surface area contributed by atoms with Crippen molar-refractivity contribution in [2.24, 2.45) is 0 Å². The first kappa shape index (κ1) is 16.2. The maximum atomic E-state index is 12.1. The van der Waals surface area contributed by atoms with Crippen molar-refractivity contribution >= 4 is 32.2 Å². The van der Waals surface area contributed by atoms with Crippen molar-refractivity contribution in [3.8, 4) is 0 Å². The van der Waals surface area contributed by atoms with E-state index in [1.165, 1.54) is 0 Å². The lowest BCUT2D eigenvalue weighted by atomic mass is 10.3. The normalized spacial score (nSPS) is 13.7. The summed E-state index contributed by atoms with van der Waals surface area (Å²) < 4.78 is 28.3. The van der Waals surface area contributed by atoms with E-state index in [1.54, 1.807) is 0 Å². The Balaban J connectivity index is 2.93. The van der Waals surface area contributed by atoms with E-state index in [1.807, 2.05) is 21.0 Å². The number of anilines is 2. The minimum Gasteiger partial charge on any atom is -0.382 e. The molecule has 0 amide bonds. The van der Waals surface area contributed by atoms with E-state index in [0.29, 0.717) is 18.0 Å². The van der Waals surface area contributed by atoms with E-state index in [-0.39, 0.29) is 22.5 Å². The average molecular weight is 306 g/mol. The van der Waals surface area contributed by atoms with Gasteiger partial charge in [-0.15, -0.1) is 0 Å². The highest BCUT2D eigenvalue weighted by Gasteiger charge is 2.24. The Hall–Kier alpha value is -0.860. The fourth-order valence-electron chi connectivity index (χ4n) is 1.50. The molecule has 0 aromatic carbocycles. The van der Waals surface area contributed by atoms with Crippen LogP contribution in [-0.2, 0) is 9.84 Å². The lowest BCUT2D eigenvalue weighted by Gasteiger charge is -2.20. The van der Waals surface area contributed by atoms with Crippen molar-refractivity contribution in [1.29, 1.82) is 0 Å². The van der Waals surface area contributed by atoms with Gasteiger partial charge in [-0.05, 0) is 39.0 Å². The fourth-order valence-corrected chi connectivity index (χ4v) is 4.13. The minimum absolute atomic E-state index is 0.0908. The Morgan fingerprint density at radius 1 is 1.47 bits per heavy atom. The molecule has 1 rings (SSSR count). The average Bonchev–Trinajstić information content (AvgIpc) is 2.67. The molecule has 1 aromatic rings. The van der Waals surface area contributed by atoms with Crippen molar-refractivity contribution in [3.05, 3.63) is 0 Å². The van der Waals surface area contributed by atoms with E-state index < -0.39 is 9.84 Å². The first-order valence-electron chi connectivity index (χ1n) is 6.17. The van der Waals surface area contributed by atoms with Crippen LogP contribution in [0.1, 0.15) is 20.3 Å². The van der Waals surface area contributed by atoms with Crippen LogP contribution in [0.15, 0.2) is 4.90 Å². The molecule has 0 spiro atoms. The van der Waals surface area contributed by atoms with Gasteiger partial charge in [0.2, 0.25) is 0 Å². The molecular weight excluding hydrogens is 284 g/mol. The topological polar surface area (TPSA) is 88.3 Å². The van der Waals surface area contributed by atoms with Crippen molar-refractivity contribution in [2.75, 3.05) is 37.4 Å². The standard InChI is InChI=1S/C11H22N4O2S2/c1-5-6-19(16,17)9-10(12)14-18-11(9)13-7-8(2)15(3)4/h8,13H,5-7H2,1-4H3,(H2,12,14). The lowest BCUT2D eigenvalue weighted by molar-refractivity contribution is 0.326. The van der Waals surface area contributed by atoms with Crippen LogP contribution < -0.4 is 11.1 Å². The molecule has 0 bridgehead atoms. The van der Waals surface area contributed by atoms with Gasteiger partial charge in [0.15, 0.2) is 15.7 Å². The molecule has 0 radical (unpaired) electrons. The summed E-state index contributed by atoms with van der Waals surface area (Å²) >= 11 is 1.10. The third-order valence-electron chi connectivity index (χ3n) is 2.90. The first-order chi connectivity index (χ1) is 8.79. The van der Waals surface area contributed by atoms with Gasteiger partial charge in [0.05, 0.1) is 5.75 Å². The van der Waals surface area contributed by atoms with Crippen LogP contribution in [0.25, 0.3) is 0 Å². The predicted octanol–water partition coefficient (Wildman–Crippen LogP) is 1.27. The molecule has 110 valence electrons. The van der Waals surface area contributed by atoms with Gasteiger partial charge in [-0.25, -0.2) is 8.42 Å². The largest absolute Gasteiger partial charge is 0.382 e. The summed E-state index contributed by atoms with van der Waals surface area (Å²) in [6.45, 7) is 4.52. The van der Waals surface area contributed by atoms with Crippen LogP contribution in [0.3, 0.4) is 0 Å². The quantitative estimate of drug-likeness (QED) is 0.789. The maximum absolute atomic E-state index is 12.1. The van der Waals surface area contributed by atoms with Crippen molar-refractivity contribution < 1.29 is 8.42 Å². The summed E-state index contributed by atoms with van der Waals surface area (Å²) in [6.07, 6.45) is 0.561. The zero-order valence-corrected chi connectivity index (χ0v) is 13.4. The third kappa shape index (κ3) is 4.05. The van der Waals surface area contributed by atoms with Crippen molar-refractivity contribution in [2.45, 2.75) is 31.2 Å². The summed E-state index contributed by atoms with van der Waals surface area (Å²) in [6, 6.07) is 0.282. The van der Waals surface area contributed by atoms with Gasteiger partial charge in [-0.3, -0.25) is 0 Å². The van der Waals surface area contributed by atoms with Crippen LogP contribution in [0.5, 0.6) is 0 Å². The smallest absolute Gasteiger partial charge is 0.185 e. The minimum atomic E-state index is -3.35. The molecule has 0 saturated carbocycles. The molecule has 0 aliphatic heterocycles. The summed E-state index contributed by atoms with van der Waals surface area (Å²) in [5, 5.41) is 3.68. The van der Waals surface area contributed by atoms with E-state index >= 15 is 0 Å². The van der Waals surface area contributed by atoms with Gasteiger partial charge in [-0.1, -0.05) is 6.92 Å². The molecule has 0 fully saturated rings. The number of sulfone groups is 1. The van der Waals surface area contributed by atoms with Gasteiger partial charge in [0, 0.05) is 12.6 Å². The predicted molar refractivity (Wildman–Crippen MR) is 80.5 cm³/mol. The van der Waals surface area contributed by atoms with E-state index in [0.717, 1.165) is 11.5 Å². The maximum Gasteiger partial charge on any atom is 0.185 e. The number of nitrogen functional groups attached to an aromatic ring is 1. The third-order valence-corrected chi connectivity index (χ3v) is 5.83. The second-order valence-corrected chi connectivity index (χ2v) is 7.56. The monoisotopic (exact) mass is 306 g/mol. The molecule has 6 nitrogen and oxygen atoms in total. The number of nitrogens with one attached hydrogen (secondary N) is 1. The zero-order chi connectivity index (χ0) is 14.6. The molecule has 0 aliphatic carbocycles. The SMILES string of the molecule is CCCS(=O)(=O)c1c(N)nsc1NCC(C)N(C)C. The Morgan fingerprint density at radius 3 is 2.63 bits per heavy atom. The van der Waals surface area contributed by atoms with Crippen LogP contribution in [0, 0.1) is 0 Å². The highest BCUT2D eigenvalue weighted by Crippen LogP contribution is 2.32. The van der Waals surface area contributed by atoms with Gasteiger partial charge >= 0.3 is 0 Å². The molecule has 19 heavy (non-hydrogen) atoms. The van der Waals surface area contributed by atoms with Gasteiger partial charge in [0.25, 0.3) is 0 Å². The van der Waals surface area contributed by atoms with Crippen LogP contribution in [0.2, 0.25) is 0 Å². The molecule has 1 atom stereocenters. The molecule has 8 heteroatoms. The molecule has 1 aromatic heterocycles. The summed E-state index contributed by atoms with van der Waals surface area (Å²) in [5.74, 6) is 0.187. The Labute approximate surface area is 119 Å². The number of aromatic nitrogens is 1. The summed E-state index contributed by atoms with van der Waals surface area (Å²) in [4.78, 5) is 2.21. The molecule has 1 heterocycles. The number of nitrogens with two attached hydrogens (primary N) is 1. The van der Waals surface area contributed by atoms with Crippen molar-refractivity contribution in [1.82, 2.24) is 9.27 Å². The number of hydrogen-bond donors (Lipinski definition) is 2. The van der Waals surface area contributed by atoms with E-state index in [4.69, 9.17) is 5.73 Å². The number of rotatable bonds is 7.